The summed E-state index contributed by atoms with van der Waals surface area (Å²) in [7, 11) is 0. The van der Waals surface area contributed by atoms with E-state index in [1.807, 2.05) is 13.8 Å². The fourth-order valence-electron chi connectivity index (χ4n) is 2.51. The highest BCUT2D eigenvalue weighted by Gasteiger charge is 2.12. The molecule has 0 aliphatic rings. The van der Waals surface area contributed by atoms with E-state index in [2.05, 4.69) is 10.6 Å². The first-order valence-corrected chi connectivity index (χ1v) is 12.4. The number of ether oxygens (including phenoxy) is 6. The molecule has 0 aromatic rings. The van der Waals surface area contributed by atoms with Gasteiger partial charge in [-0.05, 0) is 32.6 Å². The minimum Gasteiger partial charge on any atom is -0.450 e. The van der Waals surface area contributed by atoms with Crippen molar-refractivity contribution in [3.8, 4) is 0 Å². The van der Waals surface area contributed by atoms with Crippen molar-refractivity contribution in [2.24, 2.45) is 0 Å². The summed E-state index contributed by atoms with van der Waals surface area (Å²) >= 11 is 0. The van der Waals surface area contributed by atoms with Gasteiger partial charge in [0.15, 0.2) is 0 Å². The molecule has 0 atom stereocenters. The Balaban J connectivity index is 3.94. The molecule has 37 heavy (non-hydrogen) atoms. The van der Waals surface area contributed by atoms with Gasteiger partial charge in [0.25, 0.3) is 0 Å². The molecule has 14 heteroatoms. The van der Waals surface area contributed by atoms with Gasteiger partial charge in [-0.3, -0.25) is 9.69 Å². The van der Waals surface area contributed by atoms with Crippen molar-refractivity contribution in [2.45, 2.75) is 46.5 Å². The Morgan fingerprint density at radius 1 is 0.595 bits per heavy atom. The summed E-state index contributed by atoms with van der Waals surface area (Å²) in [5.74, 6) is -0.111. The monoisotopic (exact) mass is 535 g/mol. The molecule has 0 radical (unpaired) electrons. The highest BCUT2D eigenvalue weighted by atomic mass is 16.7. The highest BCUT2D eigenvalue weighted by molar-refractivity contribution is 5.77. The van der Waals surface area contributed by atoms with Crippen LogP contribution in [0.1, 0.15) is 46.5 Å². The van der Waals surface area contributed by atoms with Crippen molar-refractivity contribution < 1.29 is 52.4 Å². The van der Waals surface area contributed by atoms with Crippen molar-refractivity contribution in [3.05, 3.63) is 0 Å². The molecule has 0 heterocycles. The van der Waals surface area contributed by atoms with Crippen LogP contribution in [-0.2, 0) is 33.2 Å². The Bertz CT molecular complexity index is 628. The summed E-state index contributed by atoms with van der Waals surface area (Å²) in [5.41, 5.74) is 0. The maximum absolute atomic E-state index is 11.7. The largest absolute Gasteiger partial charge is 0.508 e. The second-order valence-electron chi connectivity index (χ2n) is 7.70. The van der Waals surface area contributed by atoms with Crippen molar-refractivity contribution in [1.82, 2.24) is 15.5 Å². The molecule has 0 aliphatic carbocycles. The van der Waals surface area contributed by atoms with Gasteiger partial charge in [-0.1, -0.05) is 13.8 Å². The lowest BCUT2D eigenvalue weighted by Crippen LogP contribution is -2.35. The van der Waals surface area contributed by atoms with E-state index in [4.69, 9.17) is 28.4 Å². The first kappa shape index (κ1) is 33.7. The maximum Gasteiger partial charge on any atom is 0.508 e. The molecule has 0 aromatic heterocycles. The van der Waals surface area contributed by atoms with Crippen LogP contribution in [0.5, 0.6) is 0 Å². The van der Waals surface area contributed by atoms with Crippen LogP contribution < -0.4 is 10.6 Å². The molecule has 0 saturated carbocycles. The second-order valence-corrected chi connectivity index (χ2v) is 7.70. The number of hydrogen-bond acceptors (Lipinski definition) is 12. The summed E-state index contributed by atoms with van der Waals surface area (Å²) in [5, 5.41) is 5.05. The molecule has 214 valence electrons. The van der Waals surface area contributed by atoms with E-state index in [1.165, 1.54) is 6.92 Å². The molecule has 0 aliphatic heterocycles. The van der Waals surface area contributed by atoms with E-state index in [9.17, 15) is 24.0 Å². The Kier molecular flexibility index (Phi) is 21.1. The van der Waals surface area contributed by atoms with Gasteiger partial charge < -0.3 is 39.1 Å². The Morgan fingerprint density at radius 3 is 1.38 bits per heavy atom. The average molecular weight is 536 g/mol. The number of hydrogen-bond donors (Lipinski definition) is 2. The predicted octanol–water partition coefficient (Wildman–Crippen LogP) is 2.24. The topological polar surface area (TPSA) is 168 Å². The van der Waals surface area contributed by atoms with Gasteiger partial charge in [0, 0.05) is 26.2 Å². The molecule has 2 N–H and O–H groups in total. The van der Waals surface area contributed by atoms with E-state index >= 15 is 0 Å². The number of Topliss-reactive ketones (excluding diaryl/α,β-unsaturated/α-hetero) is 1. The van der Waals surface area contributed by atoms with Gasteiger partial charge >= 0.3 is 24.5 Å². The smallest absolute Gasteiger partial charge is 0.450 e. The standard InChI is InChI=1S/C23H41N3O11/c1-4-12-32-20(28)24-8-6-14-34-22(30)36-16-10-26(18-19(3)27)11-17-37-23(31)35-15-7-9-25-21(29)33-13-5-2/h4-18H2,1-3H3,(H,24,28)(H,25,29). The number of carbonyl (C=O) groups excluding carboxylic acids is 5. The molecule has 0 spiro atoms. The van der Waals surface area contributed by atoms with Gasteiger partial charge in [-0.25, -0.2) is 19.2 Å². The summed E-state index contributed by atoms with van der Waals surface area (Å²) in [6.45, 7) is 6.99. The number of amides is 2. The number of rotatable bonds is 20. The van der Waals surface area contributed by atoms with Crippen LogP contribution in [-0.4, -0.2) is 108 Å². The van der Waals surface area contributed by atoms with Crippen molar-refractivity contribution in [1.29, 1.82) is 0 Å². The van der Waals surface area contributed by atoms with Crippen LogP contribution in [0.4, 0.5) is 19.2 Å². The van der Waals surface area contributed by atoms with Crippen molar-refractivity contribution in [3.63, 3.8) is 0 Å². The number of ketones is 1. The Morgan fingerprint density at radius 2 is 1.00 bits per heavy atom. The van der Waals surface area contributed by atoms with Crippen molar-refractivity contribution in [2.75, 3.05) is 72.4 Å². The summed E-state index contributed by atoms with van der Waals surface area (Å²) < 4.78 is 29.5. The Labute approximate surface area is 217 Å². The van der Waals surface area contributed by atoms with Crippen LogP contribution in [0.25, 0.3) is 0 Å². The van der Waals surface area contributed by atoms with Crippen LogP contribution in [0, 0.1) is 0 Å². The van der Waals surface area contributed by atoms with E-state index in [0.717, 1.165) is 12.8 Å². The van der Waals surface area contributed by atoms with E-state index in [0.29, 0.717) is 26.1 Å². The molecule has 0 fully saturated rings. The molecule has 0 bridgehead atoms. The lowest BCUT2D eigenvalue weighted by molar-refractivity contribution is -0.118. The van der Waals surface area contributed by atoms with E-state index < -0.39 is 24.5 Å². The third kappa shape index (κ3) is 22.9. The van der Waals surface area contributed by atoms with Crippen LogP contribution >= 0.6 is 0 Å². The third-order valence-electron chi connectivity index (χ3n) is 4.20. The summed E-state index contributed by atoms with van der Waals surface area (Å²) in [6, 6.07) is 0. The van der Waals surface area contributed by atoms with Crippen LogP contribution in [0.15, 0.2) is 0 Å². The highest BCUT2D eigenvalue weighted by Crippen LogP contribution is 1.96. The number of nitrogens with zero attached hydrogens (tertiary/aromatic N) is 1. The van der Waals surface area contributed by atoms with Gasteiger partial charge in [-0.2, -0.15) is 0 Å². The normalized spacial score (nSPS) is 10.3. The second kappa shape index (κ2) is 23.1. The van der Waals surface area contributed by atoms with Gasteiger partial charge in [0.05, 0.1) is 33.0 Å². The van der Waals surface area contributed by atoms with Crippen LogP contribution in [0.3, 0.4) is 0 Å². The fraction of sp³-hybridized carbons (Fsp3) is 0.783. The number of alkyl carbamates (subject to hydrolysis) is 2. The zero-order chi connectivity index (χ0) is 27.7. The molecular weight excluding hydrogens is 494 g/mol. The quantitative estimate of drug-likeness (QED) is 0.133. The zero-order valence-corrected chi connectivity index (χ0v) is 22.0. The predicted molar refractivity (Wildman–Crippen MR) is 130 cm³/mol. The van der Waals surface area contributed by atoms with Gasteiger partial charge in [-0.15, -0.1) is 0 Å². The zero-order valence-electron chi connectivity index (χ0n) is 22.0. The van der Waals surface area contributed by atoms with Gasteiger partial charge in [0.2, 0.25) is 0 Å². The van der Waals surface area contributed by atoms with E-state index in [1.54, 1.807) is 4.90 Å². The lowest BCUT2D eigenvalue weighted by Gasteiger charge is -2.20. The molecule has 0 rings (SSSR count). The molecular formula is C23H41N3O11. The van der Waals surface area contributed by atoms with Gasteiger partial charge in [0.1, 0.15) is 19.0 Å². The SMILES string of the molecule is CCCOC(=O)NCCCOC(=O)OCCN(CCOC(=O)OCCCNC(=O)OCCC)CC(C)=O. The first-order valence-electron chi connectivity index (χ1n) is 12.4. The lowest BCUT2D eigenvalue weighted by atomic mass is 10.4. The van der Waals surface area contributed by atoms with Crippen molar-refractivity contribution >= 4 is 30.3 Å². The van der Waals surface area contributed by atoms with E-state index in [-0.39, 0.29) is 64.9 Å². The molecule has 0 unspecified atom stereocenters. The maximum atomic E-state index is 11.7. The number of carbonyl (C=O) groups is 5. The molecule has 0 aromatic carbocycles. The minimum atomic E-state index is -0.871. The summed E-state index contributed by atoms with van der Waals surface area (Å²) in [6.07, 6.45) is -0.550. The first-order chi connectivity index (χ1) is 17.8. The summed E-state index contributed by atoms with van der Waals surface area (Å²) in [4.78, 5) is 59.0. The molecule has 2 amide bonds. The Hall–Kier alpha value is -3.29. The third-order valence-corrected chi connectivity index (χ3v) is 4.20. The molecule has 14 nitrogen and oxygen atoms in total. The number of nitrogens with one attached hydrogen (secondary N) is 2. The van der Waals surface area contributed by atoms with Crippen LogP contribution in [0.2, 0.25) is 0 Å². The fourth-order valence-corrected chi connectivity index (χ4v) is 2.51. The molecule has 0 saturated heterocycles. The minimum absolute atomic E-state index is 0.0359. The average Bonchev–Trinajstić information content (AvgIpc) is 2.85.